The van der Waals surface area contributed by atoms with Crippen molar-refractivity contribution in [1.82, 2.24) is 0 Å². The van der Waals surface area contributed by atoms with Gasteiger partial charge in [0.1, 0.15) is 0 Å². The molecular weight excluding hydrogens is 72.0 g/mol. The summed E-state index contributed by atoms with van der Waals surface area (Å²) in [6.45, 7) is -1.14. The van der Waals surface area contributed by atoms with Gasteiger partial charge >= 0.3 is 0 Å². The SMILES string of the molecule is O=C([O-])C[O-]. The molecule has 3 heteroatoms. The van der Waals surface area contributed by atoms with Gasteiger partial charge in [-0.05, 0) is 0 Å². The molecule has 0 saturated heterocycles. The van der Waals surface area contributed by atoms with Crippen molar-refractivity contribution < 1.29 is 15.0 Å². The third-order valence-electron chi connectivity index (χ3n) is 0.118. The fourth-order valence-electron chi connectivity index (χ4n) is 0. The van der Waals surface area contributed by atoms with Crippen LogP contribution in [0.3, 0.4) is 0 Å². The highest BCUT2D eigenvalue weighted by molar-refractivity contribution is 5.64. The summed E-state index contributed by atoms with van der Waals surface area (Å²) < 4.78 is 0. The molecule has 3 nitrogen and oxygen atoms in total. The Morgan fingerprint density at radius 1 is 1.80 bits per heavy atom. The Kier molecular flexibility index (Phi) is 1.53. The van der Waals surface area contributed by atoms with E-state index in [-0.39, 0.29) is 0 Å². The third-order valence-corrected chi connectivity index (χ3v) is 0.118. The van der Waals surface area contributed by atoms with Crippen LogP contribution < -0.4 is 10.2 Å². The molecule has 0 amide bonds. The maximum Gasteiger partial charge on any atom is 0.0247 e. The maximum atomic E-state index is 8.97. The first-order chi connectivity index (χ1) is 2.27. The smallest absolute Gasteiger partial charge is 0.0247 e. The van der Waals surface area contributed by atoms with Crippen LogP contribution in [0, 0.1) is 0 Å². The second-order valence-corrected chi connectivity index (χ2v) is 0.516. The van der Waals surface area contributed by atoms with Crippen LogP contribution >= 0.6 is 0 Å². The molecule has 0 N–H and O–H groups in total. The van der Waals surface area contributed by atoms with Gasteiger partial charge in [0.25, 0.3) is 0 Å². The minimum Gasteiger partial charge on any atom is -0.850 e. The fraction of sp³-hybridized carbons (Fsp3) is 0.500. The van der Waals surface area contributed by atoms with E-state index in [1.807, 2.05) is 0 Å². The summed E-state index contributed by atoms with van der Waals surface area (Å²) in [5.74, 6) is -1.55. The molecule has 30 valence electrons. The first-order valence-corrected chi connectivity index (χ1v) is 1.05. The van der Waals surface area contributed by atoms with Crippen molar-refractivity contribution in [2.24, 2.45) is 0 Å². The molecule has 0 spiro atoms. The van der Waals surface area contributed by atoms with Gasteiger partial charge in [-0.2, -0.15) is 0 Å². The lowest BCUT2D eigenvalue weighted by molar-refractivity contribution is -0.396. The number of hydrogen-bond acceptors (Lipinski definition) is 3. The van der Waals surface area contributed by atoms with E-state index in [9.17, 15) is 0 Å². The maximum absolute atomic E-state index is 8.97. The summed E-state index contributed by atoms with van der Waals surface area (Å²) >= 11 is 0. The number of carboxylic acid groups (broad SMARTS) is 1. The molecule has 0 aliphatic heterocycles. The molecule has 0 bridgehead atoms. The molecule has 0 aromatic rings. The van der Waals surface area contributed by atoms with E-state index in [0.29, 0.717) is 0 Å². The van der Waals surface area contributed by atoms with Gasteiger partial charge in [0.2, 0.25) is 0 Å². The topological polar surface area (TPSA) is 63.2 Å². The molecule has 5 heavy (non-hydrogen) atoms. The predicted molar refractivity (Wildman–Crippen MR) is 9.87 cm³/mol. The Morgan fingerprint density at radius 3 is 2.00 bits per heavy atom. The van der Waals surface area contributed by atoms with Crippen molar-refractivity contribution >= 4 is 5.97 Å². The van der Waals surface area contributed by atoms with Crippen LogP contribution in [-0.2, 0) is 4.79 Å². The Morgan fingerprint density at radius 2 is 2.00 bits per heavy atom. The molecule has 0 radical (unpaired) electrons. The normalized spacial score (nSPS) is 7.40. The van der Waals surface area contributed by atoms with Crippen molar-refractivity contribution in [2.75, 3.05) is 6.61 Å². The Hall–Kier alpha value is -0.570. The molecule has 0 aromatic carbocycles. The Balaban J connectivity index is 2.85. The summed E-state index contributed by atoms with van der Waals surface area (Å²) in [6, 6.07) is 0. The zero-order chi connectivity index (χ0) is 4.28. The first-order valence-electron chi connectivity index (χ1n) is 1.05. The second kappa shape index (κ2) is 1.72. The van der Waals surface area contributed by atoms with Crippen LogP contribution in [0.15, 0.2) is 0 Å². The minimum absolute atomic E-state index is 1.14. The van der Waals surface area contributed by atoms with E-state index in [4.69, 9.17) is 15.0 Å². The van der Waals surface area contributed by atoms with Crippen molar-refractivity contribution in [3.05, 3.63) is 0 Å². The van der Waals surface area contributed by atoms with E-state index in [2.05, 4.69) is 0 Å². The molecule has 0 unspecified atom stereocenters. The van der Waals surface area contributed by atoms with Crippen LogP contribution in [0.4, 0.5) is 0 Å². The number of rotatable bonds is 1. The van der Waals surface area contributed by atoms with Crippen LogP contribution in [0.2, 0.25) is 0 Å². The van der Waals surface area contributed by atoms with E-state index < -0.39 is 12.6 Å². The number of carbonyl (C=O) groups excluding carboxylic acids is 1. The summed E-state index contributed by atoms with van der Waals surface area (Å²) in [4.78, 5) is 8.94. The monoisotopic (exact) mass is 74.0 g/mol. The Labute approximate surface area is 28.9 Å². The van der Waals surface area contributed by atoms with Gasteiger partial charge in [-0.1, -0.05) is 6.61 Å². The van der Waals surface area contributed by atoms with Gasteiger partial charge in [-0.3, -0.25) is 0 Å². The minimum atomic E-state index is -1.55. The highest BCUT2D eigenvalue weighted by Crippen LogP contribution is 1.32. The predicted octanol–water partition coefficient (Wildman–Crippen LogP) is -2.90. The molecule has 0 heterocycles. The lowest BCUT2D eigenvalue weighted by Crippen LogP contribution is -2.32. The average Bonchev–Trinajstić information content (AvgIpc) is 1.38. The van der Waals surface area contributed by atoms with Crippen molar-refractivity contribution in [1.29, 1.82) is 0 Å². The van der Waals surface area contributed by atoms with Crippen LogP contribution in [0.25, 0.3) is 0 Å². The zero-order valence-corrected chi connectivity index (χ0v) is 2.43. The molecule has 0 fully saturated rings. The summed E-state index contributed by atoms with van der Waals surface area (Å²) in [5, 5.41) is 17.9. The summed E-state index contributed by atoms with van der Waals surface area (Å²) in [7, 11) is 0. The first kappa shape index (κ1) is 4.43. The molecule has 0 aromatic heterocycles. The fourth-order valence-corrected chi connectivity index (χ4v) is 0. The zero-order valence-electron chi connectivity index (χ0n) is 2.43. The number of aliphatic carboxylic acids is 1. The standard InChI is InChI=1S/C2H3O3/c3-1-2(4)5/h1H2,(H,4,5)/q-1/p-1. The van der Waals surface area contributed by atoms with Crippen molar-refractivity contribution in [3.8, 4) is 0 Å². The highest BCUT2D eigenvalue weighted by Gasteiger charge is 1.55. The lowest BCUT2D eigenvalue weighted by atomic mass is 10.8. The van der Waals surface area contributed by atoms with Gasteiger partial charge in [0, 0.05) is 5.97 Å². The molecular formula is C2H2O3-2. The van der Waals surface area contributed by atoms with E-state index >= 15 is 0 Å². The molecule has 0 saturated carbocycles. The lowest BCUT2D eigenvalue weighted by Gasteiger charge is -1.99. The van der Waals surface area contributed by atoms with Crippen LogP contribution in [-0.4, -0.2) is 12.6 Å². The van der Waals surface area contributed by atoms with Gasteiger partial charge in [-0.15, -0.1) is 0 Å². The van der Waals surface area contributed by atoms with Gasteiger partial charge in [-0.25, -0.2) is 0 Å². The summed E-state index contributed by atoms with van der Waals surface area (Å²) in [6.07, 6.45) is 0. The molecule has 0 aliphatic carbocycles. The van der Waals surface area contributed by atoms with Crippen LogP contribution in [0.5, 0.6) is 0 Å². The Bertz CT molecular complexity index is 40.2. The van der Waals surface area contributed by atoms with E-state index in [0.717, 1.165) is 0 Å². The van der Waals surface area contributed by atoms with E-state index in [1.54, 1.807) is 0 Å². The van der Waals surface area contributed by atoms with Gasteiger partial charge in [0.15, 0.2) is 0 Å². The third kappa shape index (κ3) is 3.43. The molecule has 0 rings (SSSR count). The molecule has 0 atom stereocenters. The summed E-state index contributed by atoms with van der Waals surface area (Å²) in [5.41, 5.74) is 0. The number of carboxylic acids is 1. The molecule has 0 aliphatic rings. The van der Waals surface area contributed by atoms with Crippen molar-refractivity contribution in [3.63, 3.8) is 0 Å². The number of carbonyl (C=O) groups is 1. The van der Waals surface area contributed by atoms with Crippen molar-refractivity contribution in [2.45, 2.75) is 0 Å². The quantitative estimate of drug-likeness (QED) is 0.335. The highest BCUT2D eigenvalue weighted by atomic mass is 16.4. The van der Waals surface area contributed by atoms with E-state index in [1.165, 1.54) is 0 Å². The number of hydrogen-bond donors (Lipinski definition) is 0. The second-order valence-electron chi connectivity index (χ2n) is 0.516. The largest absolute Gasteiger partial charge is 0.850 e. The van der Waals surface area contributed by atoms with Gasteiger partial charge in [0.05, 0.1) is 0 Å². The van der Waals surface area contributed by atoms with Gasteiger partial charge < -0.3 is 15.0 Å². The van der Waals surface area contributed by atoms with Crippen LogP contribution in [0.1, 0.15) is 0 Å². The average molecular weight is 74.0 g/mol.